The SMILES string of the molecule is CC[C@@H](C)NC(=O)[C@H](Cc1ccccc1)NS(=O)(=O)c1ccc(Cl)cc1. The first-order chi connectivity index (χ1) is 12.3. The van der Waals surface area contributed by atoms with Crippen LogP contribution in [-0.2, 0) is 21.2 Å². The van der Waals surface area contributed by atoms with E-state index < -0.39 is 16.1 Å². The summed E-state index contributed by atoms with van der Waals surface area (Å²) in [7, 11) is -3.85. The largest absolute Gasteiger partial charge is 0.352 e. The molecule has 5 nitrogen and oxygen atoms in total. The van der Waals surface area contributed by atoms with Gasteiger partial charge in [0, 0.05) is 11.1 Å². The summed E-state index contributed by atoms with van der Waals surface area (Å²) in [5.74, 6) is -0.347. The molecule has 0 aromatic heterocycles. The minimum atomic E-state index is -3.85. The Morgan fingerprint density at radius 2 is 1.69 bits per heavy atom. The van der Waals surface area contributed by atoms with Crippen molar-refractivity contribution in [2.24, 2.45) is 0 Å². The number of rotatable bonds is 8. The van der Waals surface area contributed by atoms with E-state index in [-0.39, 0.29) is 23.3 Å². The maximum atomic E-state index is 12.7. The van der Waals surface area contributed by atoms with Gasteiger partial charge in [0.1, 0.15) is 6.04 Å². The van der Waals surface area contributed by atoms with Crippen molar-refractivity contribution in [2.45, 2.75) is 43.7 Å². The van der Waals surface area contributed by atoms with E-state index in [4.69, 9.17) is 11.6 Å². The van der Waals surface area contributed by atoms with Crippen LogP contribution in [0.3, 0.4) is 0 Å². The van der Waals surface area contributed by atoms with Crippen LogP contribution in [0.5, 0.6) is 0 Å². The summed E-state index contributed by atoms with van der Waals surface area (Å²) < 4.78 is 27.9. The number of hydrogen-bond donors (Lipinski definition) is 2. The van der Waals surface area contributed by atoms with Crippen LogP contribution >= 0.6 is 11.6 Å². The topological polar surface area (TPSA) is 75.3 Å². The van der Waals surface area contributed by atoms with Crippen molar-refractivity contribution in [3.8, 4) is 0 Å². The van der Waals surface area contributed by atoms with Crippen molar-refractivity contribution in [2.75, 3.05) is 0 Å². The van der Waals surface area contributed by atoms with Crippen molar-refractivity contribution >= 4 is 27.5 Å². The molecule has 0 fully saturated rings. The molecule has 0 heterocycles. The van der Waals surface area contributed by atoms with Crippen molar-refractivity contribution < 1.29 is 13.2 Å². The molecular formula is C19H23ClN2O3S. The summed E-state index contributed by atoms with van der Waals surface area (Å²) in [5.41, 5.74) is 0.871. The summed E-state index contributed by atoms with van der Waals surface area (Å²) in [5, 5.41) is 3.29. The standard InChI is InChI=1S/C19H23ClN2O3S/c1-3-14(2)21-19(23)18(13-15-7-5-4-6-8-15)22-26(24,25)17-11-9-16(20)10-12-17/h4-12,14,18,22H,3,13H2,1-2H3,(H,21,23)/t14-,18+/m1/s1. The van der Waals surface area contributed by atoms with E-state index in [2.05, 4.69) is 10.0 Å². The number of benzene rings is 2. The van der Waals surface area contributed by atoms with Gasteiger partial charge in [-0.2, -0.15) is 4.72 Å². The highest BCUT2D eigenvalue weighted by Gasteiger charge is 2.26. The number of carbonyl (C=O) groups excluding carboxylic acids is 1. The van der Waals surface area contributed by atoms with Gasteiger partial charge in [0.15, 0.2) is 0 Å². The molecule has 0 aliphatic carbocycles. The van der Waals surface area contributed by atoms with Crippen LogP contribution in [0.25, 0.3) is 0 Å². The van der Waals surface area contributed by atoms with E-state index in [9.17, 15) is 13.2 Å². The first-order valence-electron chi connectivity index (χ1n) is 8.44. The van der Waals surface area contributed by atoms with Gasteiger partial charge in [-0.05, 0) is 49.6 Å². The predicted molar refractivity (Wildman–Crippen MR) is 104 cm³/mol. The van der Waals surface area contributed by atoms with E-state index in [0.717, 1.165) is 12.0 Å². The molecule has 2 atom stereocenters. The quantitative estimate of drug-likeness (QED) is 0.722. The molecule has 0 radical (unpaired) electrons. The highest BCUT2D eigenvalue weighted by atomic mass is 35.5. The molecule has 0 bridgehead atoms. The van der Waals surface area contributed by atoms with E-state index in [1.54, 1.807) is 0 Å². The van der Waals surface area contributed by atoms with Crippen molar-refractivity contribution in [1.29, 1.82) is 0 Å². The molecule has 0 saturated carbocycles. The number of sulfonamides is 1. The molecule has 2 aromatic rings. The van der Waals surface area contributed by atoms with Crippen LogP contribution < -0.4 is 10.0 Å². The zero-order chi connectivity index (χ0) is 19.2. The van der Waals surface area contributed by atoms with Crippen LogP contribution in [0.15, 0.2) is 59.5 Å². The maximum absolute atomic E-state index is 12.7. The average molecular weight is 395 g/mol. The molecule has 0 spiro atoms. The Hall–Kier alpha value is -1.89. The number of nitrogens with one attached hydrogen (secondary N) is 2. The van der Waals surface area contributed by atoms with Gasteiger partial charge in [0.05, 0.1) is 4.90 Å². The van der Waals surface area contributed by atoms with Crippen LogP contribution in [0.4, 0.5) is 0 Å². The van der Waals surface area contributed by atoms with E-state index in [1.165, 1.54) is 24.3 Å². The molecule has 2 N–H and O–H groups in total. The highest BCUT2D eigenvalue weighted by molar-refractivity contribution is 7.89. The van der Waals surface area contributed by atoms with Crippen molar-refractivity contribution in [1.82, 2.24) is 10.0 Å². The average Bonchev–Trinajstić information content (AvgIpc) is 2.62. The van der Waals surface area contributed by atoms with Crippen LogP contribution in [0, 0.1) is 0 Å². The summed E-state index contributed by atoms with van der Waals surface area (Å²) in [6, 6.07) is 14.2. The summed E-state index contributed by atoms with van der Waals surface area (Å²) in [6.07, 6.45) is 1.02. The van der Waals surface area contributed by atoms with Gasteiger partial charge in [-0.3, -0.25) is 4.79 Å². The van der Waals surface area contributed by atoms with E-state index in [0.29, 0.717) is 5.02 Å². The minimum Gasteiger partial charge on any atom is -0.352 e. The fourth-order valence-corrected chi connectivity index (χ4v) is 3.67. The van der Waals surface area contributed by atoms with Gasteiger partial charge < -0.3 is 5.32 Å². The lowest BCUT2D eigenvalue weighted by Gasteiger charge is -2.21. The van der Waals surface area contributed by atoms with E-state index in [1.807, 2.05) is 44.2 Å². The second-order valence-electron chi connectivity index (χ2n) is 6.14. The molecule has 2 rings (SSSR count). The Bertz CT molecular complexity index is 824. The second-order valence-corrected chi connectivity index (χ2v) is 8.29. The molecule has 140 valence electrons. The number of carbonyl (C=O) groups is 1. The molecule has 0 unspecified atom stereocenters. The predicted octanol–water partition coefficient (Wildman–Crippen LogP) is 3.14. The monoisotopic (exact) mass is 394 g/mol. The van der Waals surface area contributed by atoms with Crippen molar-refractivity contribution in [3.63, 3.8) is 0 Å². The van der Waals surface area contributed by atoms with E-state index >= 15 is 0 Å². The lowest BCUT2D eigenvalue weighted by Crippen LogP contribution is -2.50. The van der Waals surface area contributed by atoms with Crippen LogP contribution in [0.2, 0.25) is 5.02 Å². The maximum Gasteiger partial charge on any atom is 0.241 e. The molecule has 0 aliphatic heterocycles. The van der Waals surface area contributed by atoms with Gasteiger partial charge in [-0.1, -0.05) is 48.9 Å². The Morgan fingerprint density at radius 1 is 1.08 bits per heavy atom. The lowest BCUT2D eigenvalue weighted by molar-refractivity contribution is -0.123. The molecule has 0 saturated heterocycles. The normalized spacial score (nSPS) is 13.8. The van der Waals surface area contributed by atoms with Gasteiger partial charge in [0.25, 0.3) is 0 Å². The Labute approximate surface area is 159 Å². The van der Waals surface area contributed by atoms with Gasteiger partial charge in [-0.25, -0.2) is 8.42 Å². The first kappa shape index (κ1) is 20.4. The molecule has 0 aliphatic rings. The zero-order valence-corrected chi connectivity index (χ0v) is 16.3. The van der Waals surface area contributed by atoms with Gasteiger partial charge in [-0.15, -0.1) is 0 Å². The summed E-state index contributed by atoms with van der Waals surface area (Å²) >= 11 is 5.82. The van der Waals surface area contributed by atoms with Gasteiger partial charge >= 0.3 is 0 Å². The Kier molecular flexibility index (Phi) is 7.20. The molecular weight excluding hydrogens is 372 g/mol. The summed E-state index contributed by atoms with van der Waals surface area (Å²) in [6.45, 7) is 3.83. The third-order valence-corrected chi connectivity index (χ3v) is 5.76. The summed E-state index contributed by atoms with van der Waals surface area (Å²) in [4.78, 5) is 12.7. The number of amides is 1. The number of halogens is 1. The third kappa shape index (κ3) is 5.83. The smallest absolute Gasteiger partial charge is 0.241 e. The first-order valence-corrected chi connectivity index (χ1v) is 10.3. The Balaban J connectivity index is 2.24. The Morgan fingerprint density at radius 3 is 2.27 bits per heavy atom. The fraction of sp³-hybridized carbons (Fsp3) is 0.316. The number of hydrogen-bond acceptors (Lipinski definition) is 3. The molecule has 7 heteroatoms. The van der Waals surface area contributed by atoms with Gasteiger partial charge in [0.2, 0.25) is 15.9 Å². The van der Waals surface area contributed by atoms with Crippen LogP contribution in [0.1, 0.15) is 25.8 Å². The zero-order valence-electron chi connectivity index (χ0n) is 14.8. The molecule has 26 heavy (non-hydrogen) atoms. The second kappa shape index (κ2) is 9.16. The molecule has 2 aromatic carbocycles. The lowest BCUT2D eigenvalue weighted by atomic mass is 10.1. The third-order valence-electron chi connectivity index (χ3n) is 4.02. The highest BCUT2D eigenvalue weighted by Crippen LogP contribution is 2.15. The molecule has 1 amide bonds. The minimum absolute atomic E-state index is 0.0409. The van der Waals surface area contributed by atoms with Crippen molar-refractivity contribution in [3.05, 3.63) is 65.2 Å². The fourth-order valence-electron chi connectivity index (χ4n) is 2.35. The van der Waals surface area contributed by atoms with Crippen LogP contribution in [-0.4, -0.2) is 26.4 Å².